The van der Waals surface area contributed by atoms with E-state index >= 15 is 0 Å². The first kappa shape index (κ1) is 16.0. The molecular weight excluding hydrogens is 318 g/mol. The number of nitrogens with one attached hydrogen (secondary N) is 2. The first-order chi connectivity index (χ1) is 12.3. The van der Waals surface area contributed by atoms with E-state index in [1.165, 1.54) is 0 Å². The van der Waals surface area contributed by atoms with Crippen molar-refractivity contribution in [2.24, 2.45) is 0 Å². The van der Waals surface area contributed by atoms with Crippen LogP contribution in [0.3, 0.4) is 0 Å². The zero-order valence-electron chi connectivity index (χ0n) is 13.9. The van der Waals surface area contributed by atoms with Gasteiger partial charge in [0.1, 0.15) is 18.6 Å². The van der Waals surface area contributed by atoms with Crippen LogP contribution in [0.4, 0.5) is 0 Å². The lowest BCUT2D eigenvalue weighted by molar-refractivity contribution is 0.134. The summed E-state index contributed by atoms with van der Waals surface area (Å²) >= 11 is 0. The van der Waals surface area contributed by atoms with Crippen molar-refractivity contribution >= 4 is 5.65 Å². The van der Waals surface area contributed by atoms with Gasteiger partial charge >= 0.3 is 0 Å². The SMILES string of the molecule is OC1NCCCNCCOc2cccc(c2)-c2cnn3ccc1nc23. The first-order valence-corrected chi connectivity index (χ1v) is 8.51. The van der Waals surface area contributed by atoms with E-state index < -0.39 is 6.23 Å². The molecule has 0 aliphatic carbocycles. The molecule has 25 heavy (non-hydrogen) atoms. The van der Waals surface area contributed by atoms with Gasteiger partial charge in [-0.3, -0.25) is 5.32 Å². The molecule has 3 heterocycles. The van der Waals surface area contributed by atoms with E-state index in [-0.39, 0.29) is 0 Å². The molecule has 2 aromatic heterocycles. The number of aliphatic hydroxyl groups excluding tert-OH is 1. The number of hydrogen-bond donors (Lipinski definition) is 3. The number of fused-ring (bicyclic) bond motifs is 4. The van der Waals surface area contributed by atoms with Gasteiger partial charge in [0.2, 0.25) is 0 Å². The molecule has 4 bridgehead atoms. The minimum atomic E-state index is -0.796. The van der Waals surface area contributed by atoms with Gasteiger partial charge in [0.25, 0.3) is 0 Å². The number of nitrogens with zero attached hydrogens (tertiary/aromatic N) is 3. The lowest BCUT2D eigenvalue weighted by Gasteiger charge is -2.14. The predicted octanol–water partition coefficient (Wildman–Crippen LogP) is 1.35. The summed E-state index contributed by atoms with van der Waals surface area (Å²) in [6.07, 6.45) is 3.72. The first-order valence-electron chi connectivity index (χ1n) is 8.51. The predicted molar refractivity (Wildman–Crippen MR) is 94.4 cm³/mol. The average Bonchev–Trinajstić information content (AvgIpc) is 3.06. The van der Waals surface area contributed by atoms with Crippen LogP contribution in [-0.4, -0.2) is 45.9 Å². The molecule has 1 aliphatic rings. The number of aliphatic hydroxyl groups is 1. The van der Waals surface area contributed by atoms with Crippen LogP contribution >= 0.6 is 0 Å². The third-order valence-corrected chi connectivity index (χ3v) is 4.23. The Bertz CT molecular complexity index is 864. The zero-order chi connectivity index (χ0) is 17.1. The van der Waals surface area contributed by atoms with Crippen molar-refractivity contribution in [3.63, 3.8) is 0 Å². The van der Waals surface area contributed by atoms with Gasteiger partial charge in [-0.25, -0.2) is 9.50 Å². The fraction of sp³-hybridized carbons (Fsp3) is 0.333. The number of ether oxygens (including phenoxy) is 1. The maximum atomic E-state index is 10.3. The minimum Gasteiger partial charge on any atom is -0.492 e. The molecule has 4 rings (SSSR count). The van der Waals surface area contributed by atoms with Crippen LogP contribution in [-0.2, 0) is 0 Å². The minimum absolute atomic E-state index is 0.585. The number of rotatable bonds is 0. The second-order valence-electron chi connectivity index (χ2n) is 6.02. The Balaban J connectivity index is 1.76. The molecule has 0 amide bonds. The van der Waals surface area contributed by atoms with Crippen LogP contribution in [0.25, 0.3) is 16.8 Å². The Kier molecular flexibility index (Phi) is 4.60. The van der Waals surface area contributed by atoms with Crippen molar-refractivity contribution in [2.75, 3.05) is 26.2 Å². The van der Waals surface area contributed by atoms with Gasteiger partial charge < -0.3 is 15.2 Å². The third kappa shape index (κ3) is 3.48. The fourth-order valence-corrected chi connectivity index (χ4v) is 2.91. The summed E-state index contributed by atoms with van der Waals surface area (Å²) in [7, 11) is 0. The molecule has 3 aromatic rings. The second-order valence-corrected chi connectivity index (χ2v) is 6.02. The molecule has 3 N–H and O–H groups in total. The zero-order valence-corrected chi connectivity index (χ0v) is 13.9. The van der Waals surface area contributed by atoms with Gasteiger partial charge in [0.15, 0.2) is 5.65 Å². The fourth-order valence-electron chi connectivity index (χ4n) is 2.91. The van der Waals surface area contributed by atoms with Crippen molar-refractivity contribution in [2.45, 2.75) is 12.6 Å². The maximum Gasteiger partial charge on any atom is 0.163 e. The molecule has 0 saturated carbocycles. The number of aromatic nitrogens is 3. The summed E-state index contributed by atoms with van der Waals surface area (Å²) in [5.74, 6) is 0.823. The van der Waals surface area contributed by atoms with Crippen LogP contribution < -0.4 is 15.4 Å². The average molecular weight is 339 g/mol. The van der Waals surface area contributed by atoms with Crippen molar-refractivity contribution in [1.29, 1.82) is 0 Å². The smallest absolute Gasteiger partial charge is 0.163 e. The highest BCUT2D eigenvalue weighted by atomic mass is 16.5. The highest BCUT2D eigenvalue weighted by Gasteiger charge is 2.14. The highest BCUT2D eigenvalue weighted by Crippen LogP contribution is 2.27. The molecule has 0 fully saturated rings. The Hall–Kier alpha value is -2.48. The van der Waals surface area contributed by atoms with E-state index in [9.17, 15) is 5.11 Å². The molecule has 130 valence electrons. The number of benzene rings is 1. The summed E-state index contributed by atoms with van der Waals surface area (Å²) in [4.78, 5) is 4.61. The van der Waals surface area contributed by atoms with E-state index in [2.05, 4.69) is 20.7 Å². The largest absolute Gasteiger partial charge is 0.492 e. The lowest BCUT2D eigenvalue weighted by atomic mass is 10.1. The third-order valence-electron chi connectivity index (χ3n) is 4.23. The maximum absolute atomic E-state index is 10.3. The molecule has 0 spiro atoms. The van der Waals surface area contributed by atoms with Gasteiger partial charge in [-0.2, -0.15) is 5.10 Å². The quantitative estimate of drug-likeness (QED) is 0.573. The van der Waals surface area contributed by atoms with Crippen molar-refractivity contribution in [3.8, 4) is 16.9 Å². The van der Waals surface area contributed by atoms with Gasteiger partial charge in [-0.15, -0.1) is 0 Å². The van der Waals surface area contributed by atoms with E-state index in [1.54, 1.807) is 16.8 Å². The molecule has 1 aliphatic heterocycles. The van der Waals surface area contributed by atoms with E-state index in [1.807, 2.05) is 30.5 Å². The van der Waals surface area contributed by atoms with E-state index in [0.717, 1.165) is 36.4 Å². The van der Waals surface area contributed by atoms with Crippen LogP contribution in [0.5, 0.6) is 5.75 Å². The second kappa shape index (κ2) is 7.18. The molecule has 1 atom stereocenters. The topological polar surface area (TPSA) is 83.7 Å². The number of hydrogen-bond acceptors (Lipinski definition) is 6. The Morgan fingerprint density at radius 1 is 1.20 bits per heavy atom. The monoisotopic (exact) mass is 339 g/mol. The molecule has 7 heteroatoms. The Labute approximate surface area is 145 Å². The van der Waals surface area contributed by atoms with Gasteiger partial charge in [-0.1, -0.05) is 12.1 Å². The molecule has 1 unspecified atom stereocenters. The summed E-state index contributed by atoms with van der Waals surface area (Å²) < 4.78 is 7.54. The van der Waals surface area contributed by atoms with Crippen molar-refractivity contribution in [1.82, 2.24) is 25.2 Å². The molecule has 0 saturated heterocycles. The van der Waals surface area contributed by atoms with Gasteiger partial charge in [0.05, 0.1) is 11.9 Å². The lowest BCUT2D eigenvalue weighted by Crippen LogP contribution is -2.28. The van der Waals surface area contributed by atoms with Crippen LogP contribution in [0.15, 0.2) is 42.7 Å². The molecular formula is C18H21N5O2. The van der Waals surface area contributed by atoms with Crippen molar-refractivity contribution < 1.29 is 9.84 Å². The summed E-state index contributed by atoms with van der Waals surface area (Å²) in [5, 5.41) is 21.1. The van der Waals surface area contributed by atoms with Crippen LogP contribution in [0, 0.1) is 0 Å². The molecule has 0 radical (unpaired) electrons. The molecule has 7 nitrogen and oxygen atoms in total. The standard InChI is InChI=1S/C18H21N5O2/c24-18-16-5-9-23-17(22-16)15(12-21-23)13-3-1-4-14(11-13)25-10-8-19-6-2-7-20-18/h1,3-5,9,11-12,18-20,24H,2,6-8,10H2. The van der Waals surface area contributed by atoms with Crippen molar-refractivity contribution in [3.05, 3.63) is 48.4 Å². The summed E-state index contributed by atoms with van der Waals surface area (Å²) in [5.41, 5.74) is 3.19. The van der Waals surface area contributed by atoms with Gasteiger partial charge in [-0.05, 0) is 43.3 Å². The normalized spacial score (nSPS) is 19.0. The summed E-state index contributed by atoms with van der Waals surface area (Å²) in [6, 6.07) is 9.69. The van der Waals surface area contributed by atoms with E-state index in [4.69, 9.17) is 4.74 Å². The van der Waals surface area contributed by atoms with Gasteiger partial charge in [0, 0.05) is 18.3 Å². The van der Waals surface area contributed by atoms with E-state index in [0.29, 0.717) is 24.5 Å². The summed E-state index contributed by atoms with van der Waals surface area (Å²) in [6.45, 7) is 2.96. The molecule has 1 aromatic carbocycles. The Morgan fingerprint density at radius 3 is 3.12 bits per heavy atom. The Morgan fingerprint density at radius 2 is 2.16 bits per heavy atom. The highest BCUT2D eigenvalue weighted by molar-refractivity contribution is 5.77. The van der Waals surface area contributed by atoms with Crippen LogP contribution in [0.1, 0.15) is 18.3 Å². The van der Waals surface area contributed by atoms with Crippen LogP contribution in [0.2, 0.25) is 0 Å².